The second kappa shape index (κ2) is 13.3. The Hall–Kier alpha value is -2.49. The fourth-order valence-corrected chi connectivity index (χ4v) is 5.80. The highest BCUT2D eigenvalue weighted by Crippen LogP contribution is 2.28. The lowest BCUT2D eigenvalue weighted by atomic mass is 9.83. The van der Waals surface area contributed by atoms with E-state index in [0.717, 1.165) is 23.8 Å². The van der Waals surface area contributed by atoms with Crippen molar-refractivity contribution < 1.29 is 22.4 Å². The molecule has 1 atom stereocenters. The predicted octanol–water partition coefficient (Wildman–Crippen LogP) is 4.54. The van der Waals surface area contributed by atoms with Crippen LogP contribution in [0.4, 0.5) is 4.39 Å². The smallest absolute Gasteiger partial charge is 0.242 e. The van der Waals surface area contributed by atoms with Gasteiger partial charge < -0.3 is 10.6 Å². The van der Waals surface area contributed by atoms with Crippen molar-refractivity contribution in [1.29, 1.82) is 0 Å². The molecule has 0 bridgehead atoms. The molecule has 2 rings (SSSR count). The standard InChI is InChI=1S/C27H37ClFN3O4S/c1-19(2)16-23(25(30)33)32(26(34)27(3,4)18-20-10-6-5-7-11-20)15-9-8-14-31-37(35,36)24-13-12-21(29)17-22(24)28/h5-7,10-13,17,19,23,31H,8-9,14-16,18H2,1-4H3,(H2,30,33)/t23-/m0/s1. The maximum Gasteiger partial charge on any atom is 0.242 e. The third kappa shape index (κ3) is 9.09. The van der Waals surface area contributed by atoms with E-state index in [0.29, 0.717) is 25.7 Å². The Kier molecular flexibility index (Phi) is 11.1. The molecule has 0 aliphatic heterocycles. The van der Waals surface area contributed by atoms with Crippen LogP contribution in [0.15, 0.2) is 53.4 Å². The summed E-state index contributed by atoms with van der Waals surface area (Å²) in [5, 5.41) is -0.206. The van der Waals surface area contributed by atoms with Crippen LogP contribution < -0.4 is 10.5 Å². The van der Waals surface area contributed by atoms with Gasteiger partial charge in [-0.1, -0.05) is 69.6 Å². The van der Waals surface area contributed by atoms with Crippen LogP contribution in [0, 0.1) is 17.2 Å². The number of primary amides is 1. The molecule has 7 nitrogen and oxygen atoms in total. The Bertz CT molecular complexity index is 1170. The van der Waals surface area contributed by atoms with Crippen LogP contribution in [-0.2, 0) is 26.0 Å². The molecule has 37 heavy (non-hydrogen) atoms. The lowest BCUT2D eigenvalue weighted by Gasteiger charge is -2.37. The number of unbranched alkanes of at least 4 members (excludes halogenated alkanes) is 1. The van der Waals surface area contributed by atoms with Gasteiger partial charge in [0.1, 0.15) is 16.8 Å². The van der Waals surface area contributed by atoms with Crippen LogP contribution in [0.2, 0.25) is 5.02 Å². The molecule has 0 aliphatic rings. The molecule has 2 amide bonds. The van der Waals surface area contributed by atoms with E-state index in [1.54, 1.807) is 4.90 Å². The summed E-state index contributed by atoms with van der Waals surface area (Å²) in [6.45, 7) is 7.95. The first kappa shape index (κ1) is 30.7. The van der Waals surface area contributed by atoms with Crippen molar-refractivity contribution in [3.05, 3.63) is 64.9 Å². The molecule has 10 heteroatoms. The van der Waals surface area contributed by atoms with Crippen LogP contribution in [0.5, 0.6) is 0 Å². The molecule has 0 fully saturated rings. The predicted molar refractivity (Wildman–Crippen MR) is 144 cm³/mol. The fourth-order valence-electron chi connectivity index (χ4n) is 4.20. The van der Waals surface area contributed by atoms with E-state index in [4.69, 9.17) is 17.3 Å². The van der Waals surface area contributed by atoms with E-state index < -0.39 is 33.2 Å². The lowest BCUT2D eigenvalue weighted by Crippen LogP contribution is -2.53. The highest BCUT2D eigenvalue weighted by molar-refractivity contribution is 7.89. The van der Waals surface area contributed by atoms with Crippen molar-refractivity contribution in [2.75, 3.05) is 13.1 Å². The number of amides is 2. The molecular formula is C27H37ClFN3O4S. The molecule has 0 aliphatic carbocycles. The highest BCUT2D eigenvalue weighted by Gasteiger charge is 2.37. The highest BCUT2D eigenvalue weighted by atomic mass is 35.5. The number of nitrogens with one attached hydrogen (secondary N) is 1. The van der Waals surface area contributed by atoms with Gasteiger partial charge in [-0.3, -0.25) is 9.59 Å². The van der Waals surface area contributed by atoms with Gasteiger partial charge >= 0.3 is 0 Å². The number of rotatable bonds is 14. The zero-order chi connectivity index (χ0) is 27.8. The summed E-state index contributed by atoms with van der Waals surface area (Å²) in [6, 6.07) is 12.0. The minimum absolute atomic E-state index is 0.0803. The first-order valence-corrected chi connectivity index (χ1v) is 14.2. The van der Waals surface area contributed by atoms with E-state index in [2.05, 4.69) is 4.72 Å². The quantitative estimate of drug-likeness (QED) is 0.335. The number of nitrogens with two attached hydrogens (primary N) is 1. The van der Waals surface area contributed by atoms with Gasteiger partial charge in [0, 0.05) is 18.5 Å². The number of nitrogens with zero attached hydrogens (tertiary/aromatic N) is 1. The number of hydrogen-bond acceptors (Lipinski definition) is 4. The lowest BCUT2D eigenvalue weighted by molar-refractivity contribution is -0.147. The molecule has 0 spiro atoms. The maximum absolute atomic E-state index is 13.7. The van der Waals surface area contributed by atoms with Crippen LogP contribution in [0.25, 0.3) is 0 Å². The number of carbonyl (C=O) groups is 2. The fraction of sp³-hybridized carbons (Fsp3) is 0.481. The van der Waals surface area contributed by atoms with E-state index in [-0.39, 0.29) is 34.8 Å². The van der Waals surface area contributed by atoms with Gasteiger partial charge in [0.05, 0.1) is 5.02 Å². The number of halogens is 2. The summed E-state index contributed by atoms with van der Waals surface area (Å²) < 4.78 is 40.8. The van der Waals surface area contributed by atoms with Crippen molar-refractivity contribution in [3.8, 4) is 0 Å². The van der Waals surface area contributed by atoms with Crippen molar-refractivity contribution >= 4 is 33.4 Å². The maximum atomic E-state index is 13.7. The third-order valence-electron chi connectivity index (χ3n) is 6.03. The number of carbonyl (C=O) groups excluding carboxylic acids is 2. The topological polar surface area (TPSA) is 110 Å². The Balaban J connectivity index is 2.11. The molecule has 0 saturated heterocycles. The normalized spacial score (nSPS) is 12.9. The summed E-state index contributed by atoms with van der Waals surface area (Å²) >= 11 is 5.89. The minimum atomic E-state index is -3.93. The Labute approximate surface area is 224 Å². The number of sulfonamides is 1. The van der Waals surface area contributed by atoms with Gasteiger partial charge in [-0.25, -0.2) is 17.5 Å². The zero-order valence-corrected chi connectivity index (χ0v) is 23.4. The first-order valence-electron chi connectivity index (χ1n) is 12.3. The van der Waals surface area contributed by atoms with Crippen LogP contribution >= 0.6 is 11.6 Å². The van der Waals surface area contributed by atoms with Crippen LogP contribution in [0.1, 0.15) is 52.5 Å². The molecule has 0 radical (unpaired) electrons. The molecule has 0 aromatic heterocycles. The largest absolute Gasteiger partial charge is 0.368 e. The van der Waals surface area contributed by atoms with Crippen LogP contribution in [-0.4, -0.2) is 44.3 Å². The average molecular weight is 554 g/mol. The summed E-state index contributed by atoms with van der Waals surface area (Å²) in [4.78, 5) is 27.5. The Morgan fingerprint density at radius 1 is 1.11 bits per heavy atom. The van der Waals surface area contributed by atoms with E-state index in [9.17, 15) is 22.4 Å². The van der Waals surface area contributed by atoms with Crippen molar-refractivity contribution in [2.24, 2.45) is 17.1 Å². The number of benzene rings is 2. The summed E-state index contributed by atoms with van der Waals surface area (Å²) in [6.07, 6.45) is 1.76. The van der Waals surface area contributed by atoms with Crippen molar-refractivity contribution in [1.82, 2.24) is 9.62 Å². The Morgan fingerprint density at radius 2 is 1.76 bits per heavy atom. The second-order valence-corrected chi connectivity index (χ2v) is 12.4. The van der Waals surface area contributed by atoms with Gasteiger partial charge in [0.2, 0.25) is 21.8 Å². The van der Waals surface area contributed by atoms with Gasteiger partial charge in [-0.15, -0.1) is 0 Å². The number of hydrogen-bond donors (Lipinski definition) is 2. The molecular weight excluding hydrogens is 517 g/mol. The van der Waals surface area contributed by atoms with E-state index >= 15 is 0 Å². The zero-order valence-electron chi connectivity index (χ0n) is 21.8. The van der Waals surface area contributed by atoms with Gasteiger partial charge in [-0.2, -0.15) is 0 Å². The average Bonchev–Trinajstić information content (AvgIpc) is 2.79. The first-order chi connectivity index (χ1) is 17.2. The summed E-state index contributed by atoms with van der Waals surface area (Å²) in [5.41, 5.74) is 5.96. The molecule has 2 aromatic carbocycles. The molecule has 3 N–H and O–H groups in total. The SMILES string of the molecule is CC(C)C[C@@H](C(N)=O)N(CCCCNS(=O)(=O)c1ccc(F)cc1Cl)C(=O)C(C)(C)Cc1ccccc1. The summed E-state index contributed by atoms with van der Waals surface area (Å²) in [5.74, 6) is -1.24. The minimum Gasteiger partial charge on any atom is -0.368 e. The molecule has 2 aromatic rings. The third-order valence-corrected chi connectivity index (χ3v) is 7.97. The molecule has 204 valence electrons. The van der Waals surface area contributed by atoms with E-state index in [1.165, 1.54) is 0 Å². The van der Waals surface area contributed by atoms with Crippen molar-refractivity contribution in [2.45, 2.75) is 64.3 Å². The van der Waals surface area contributed by atoms with Crippen molar-refractivity contribution in [3.63, 3.8) is 0 Å². The van der Waals surface area contributed by atoms with Gasteiger partial charge in [0.25, 0.3) is 0 Å². The van der Waals surface area contributed by atoms with Gasteiger partial charge in [0.15, 0.2) is 0 Å². The molecule has 0 heterocycles. The molecule has 0 saturated carbocycles. The Morgan fingerprint density at radius 3 is 2.32 bits per heavy atom. The summed E-state index contributed by atoms with van der Waals surface area (Å²) in [7, 11) is -3.93. The monoisotopic (exact) mass is 553 g/mol. The van der Waals surface area contributed by atoms with Gasteiger partial charge in [-0.05, 0) is 55.4 Å². The second-order valence-electron chi connectivity index (χ2n) is 10.3. The molecule has 0 unspecified atom stereocenters. The van der Waals surface area contributed by atoms with Crippen LogP contribution in [0.3, 0.4) is 0 Å². The van der Waals surface area contributed by atoms with E-state index in [1.807, 2.05) is 58.0 Å².